The molecule has 3 nitrogen and oxygen atoms in total. The van der Waals surface area contributed by atoms with Crippen LogP contribution in [0.3, 0.4) is 0 Å². The maximum Gasteiger partial charge on any atom is 0.264 e. The molecule has 3 aromatic carbocycles. The molecular weight excluding hydrogens is 428 g/mol. The van der Waals surface area contributed by atoms with Gasteiger partial charge in [0.15, 0.2) is 0 Å². The number of halogens is 2. The number of aryl methyl sites for hydroxylation is 3. The summed E-state index contributed by atoms with van der Waals surface area (Å²) in [5.41, 5.74) is 3.00. The lowest BCUT2D eigenvalue weighted by Gasteiger charge is -2.38. The van der Waals surface area contributed by atoms with Crippen LogP contribution in [0.1, 0.15) is 35.1 Å². The van der Waals surface area contributed by atoms with Gasteiger partial charge in [0.2, 0.25) is 0 Å². The van der Waals surface area contributed by atoms with E-state index < -0.39 is 27.7 Å². The van der Waals surface area contributed by atoms with Gasteiger partial charge in [-0.15, -0.1) is 6.42 Å². The van der Waals surface area contributed by atoms with Gasteiger partial charge in [0.05, 0.1) is 10.6 Å². The Morgan fingerprint density at radius 1 is 1.06 bits per heavy atom. The van der Waals surface area contributed by atoms with Gasteiger partial charge in [-0.2, -0.15) is 0 Å². The number of fused-ring (bicyclic) bond motifs is 1. The Kier molecular flexibility index (Phi) is 6.03. The molecule has 0 aliphatic carbocycles. The third-order valence-corrected chi connectivity index (χ3v) is 7.79. The lowest BCUT2D eigenvalue weighted by Crippen LogP contribution is -2.44. The van der Waals surface area contributed by atoms with E-state index in [0.717, 1.165) is 11.1 Å². The molecule has 0 amide bonds. The Morgan fingerprint density at radius 3 is 2.50 bits per heavy atom. The van der Waals surface area contributed by atoms with E-state index in [1.165, 1.54) is 22.5 Å². The molecule has 1 atom stereocenters. The first-order valence-electron chi connectivity index (χ1n) is 10.4. The zero-order valence-corrected chi connectivity index (χ0v) is 18.5. The van der Waals surface area contributed by atoms with Crippen molar-refractivity contribution in [2.75, 3.05) is 4.31 Å². The Balaban J connectivity index is 1.71. The molecule has 0 saturated heterocycles. The van der Waals surface area contributed by atoms with Crippen molar-refractivity contribution in [3.8, 4) is 12.3 Å². The molecule has 32 heavy (non-hydrogen) atoms. The van der Waals surface area contributed by atoms with Gasteiger partial charge in [-0.3, -0.25) is 4.31 Å². The fourth-order valence-electron chi connectivity index (χ4n) is 4.16. The van der Waals surface area contributed by atoms with Crippen molar-refractivity contribution in [1.82, 2.24) is 0 Å². The third kappa shape index (κ3) is 4.26. The Hall–Kier alpha value is -3.17. The van der Waals surface area contributed by atoms with Crippen molar-refractivity contribution >= 4 is 15.7 Å². The van der Waals surface area contributed by atoms with E-state index in [1.54, 1.807) is 42.5 Å². The van der Waals surface area contributed by atoms with E-state index in [0.29, 0.717) is 42.5 Å². The molecule has 3 aromatic rings. The van der Waals surface area contributed by atoms with E-state index in [-0.39, 0.29) is 4.90 Å². The summed E-state index contributed by atoms with van der Waals surface area (Å²) >= 11 is 0. The molecule has 0 radical (unpaired) electrons. The van der Waals surface area contributed by atoms with Crippen LogP contribution < -0.4 is 4.31 Å². The average molecular weight is 452 g/mol. The van der Waals surface area contributed by atoms with E-state index >= 15 is 0 Å². The van der Waals surface area contributed by atoms with Gasteiger partial charge in [-0.25, -0.2) is 17.2 Å². The van der Waals surface area contributed by atoms with E-state index in [2.05, 4.69) is 5.92 Å². The Morgan fingerprint density at radius 2 is 1.81 bits per heavy atom. The normalized spacial score (nSPS) is 15.8. The van der Waals surface area contributed by atoms with Crippen molar-refractivity contribution in [3.05, 3.63) is 94.6 Å². The predicted octanol–water partition coefficient (Wildman–Crippen LogP) is 5.40. The van der Waals surface area contributed by atoms with Gasteiger partial charge >= 0.3 is 0 Å². The van der Waals surface area contributed by atoms with E-state index in [1.807, 2.05) is 6.92 Å². The second-order valence-corrected chi connectivity index (χ2v) is 9.88. The monoisotopic (exact) mass is 451 g/mol. The zero-order chi connectivity index (χ0) is 22.9. The summed E-state index contributed by atoms with van der Waals surface area (Å²) in [6, 6.07) is 15.0. The summed E-state index contributed by atoms with van der Waals surface area (Å²) in [4.78, 5) is 0.148. The summed E-state index contributed by atoms with van der Waals surface area (Å²) in [6.45, 7) is 1.88. The maximum atomic E-state index is 14.4. The first kappa shape index (κ1) is 22.0. The van der Waals surface area contributed by atoms with Gasteiger partial charge < -0.3 is 0 Å². The minimum Gasteiger partial charge on any atom is -0.263 e. The van der Waals surface area contributed by atoms with Gasteiger partial charge in [0.25, 0.3) is 10.0 Å². The number of anilines is 1. The summed E-state index contributed by atoms with van der Waals surface area (Å²) < 4.78 is 57.2. The number of nitrogens with zero attached hydrogens (tertiary/aromatic N) is 1. The van der Waals surface area contributed by atoms with Crippen LogP contribution in [-0.4, -0.2) is 14.5 Å². The third-order valence-electron chi connectivity index (χ3n) is 5.91. The molecule has 0 fully saturated rings. The van der Waals surface area contributed by atoms with Crippen LogP contribution in [0.15, 0.2) is 65.6 Å². The van der Waals surface area contributed by atoms with Crippen LogP contribution in [0.25, 0.3) is 0 Å². The molecule has 0 bridgehead atoms. The highest BCUT2D eigenvalue weighted by Crippen LogP contribution is 2.37. The second-order valence-electron chi connectivity index (χ2n) is 8.07. The highest BCUT2D eigenvalue weighted by Gasteiger charge is 2.36. The summed E-state index contributed by atoms with van der Waals surface area (Å²) in [7, 11) is -3.94. The molecule has 0 spiro atoms. The number of hydrogen-bond donors (Lipinski definition) is 0. The molecule has 0 aromatic heterocycles. The largest absolute Gasteiger partial charge is 0.264 e. The number of rotatable bonds is 5. The fourth-order valence-corrected chi connectivity index (χ4v) is 5.90. The minimum absolute atomic E-state index is 0.148. The maximum absolute atomic E-state index is 14.4. The number of sulfonamides is 1. The van der Waals surface area contributed by atoms with Gasteiger partial charge in [0.1, 0.15) is 11.6 Å². The minimum atomic E-state index is -3.94. The number of hydrogen-bond acceptors (Lipinski definition) is 2. The molecule has 1 heterocycles. The smallest absolute Gasteiger partial charge is 0.263 e. The summed E-state index contributed by atoms with van der Waals surface area (Å²) in [6.07, 6.45) is 7.25. The molecule has 0 N–H and O–H groups in total. The van der Waals surface area contributed by atoms with E-state index in [4.69, 9.17) is 6.42 Å². The second kappa shape index (κ2) is 8.76. The van der Waals surface area contributed by atoms with Crippen LogP contribution in [0, 0.1) is 30.9 Å². The molecule has 4 rings (SSSR count). The van der Waals surface area contributed by atoms with Crippen LogP contribution in [0.4, 0.5) is 14.5 Å². The highest BCUT2D eigenvalue weighted by molar-refractivity contribution is 7.92. The zero-order valence-electron chi connectivity index (χ0n) is 17.7. The molecule has 1 aliphatic rings. The van der Waals surface area contributed by atoms with Crippen LogP contribution >= 0.6 is 0 Å². The number of benzene rings is 3. The van der Waals surface area contributed by atoms with Gasteiger partial charge in [-0.1, -0.05) is 35.7 Å². The van der Waals surface area contributed by atoms with Gasteiger partial charge in [0, 0.05) is 11.6 Å². The van der Waals surface area contributed by atoms with E-state index in [9.17, 15) is 17.2 Å². The molecule has 1 aliphatic heterocycles. The predicted molar refractivity (Wildman–Crippen MR) is 122 cm³/mol. The molecular formula is C26H23F2NO2S. The Labute approximate surface area is 187 Å². The quantitative estimate of drug-likeness (QED) is 0.487. The van der Waals surface area contributed by atoms with Crippen LogP contribution in [0.5, 0.6) is 0 Å². The van der Waals surface area contributed by atoms with Crippen molar-refractivity contribution in [2.45, 2.75) is 43.5 Å². The Bertz CT molecular complexity index is 1290. The van der Waals surface area contributed by atoms with Crippen LogP contribution in [0.2, 0.25) is 0 Å². The lowest BCUT2D eigenvalue weighted by molar-refractivity contribution is 0.515. The molecule has 6 heteroatoms. The molecule has 1 unspecified atom stereocenters. The highest BCUT2D eigenvalue weighted by atomic mass is 32.2. The lowest BCUT2D eigenvalue weighted by atomic mass is 9.93. The molecule has 0 saturated carbocycles. The van der Waals surface area contributed by atoms with Crippen molar-refractivity contribution < 1.29 is 17.2 Å². The summed E-state index contributed by atoms with van der Waals surface area (Å²) in [5, 5.41) is 0. The standard InChI is InChI=1S/C26H23F2NO2S/c1-3-19-6-7-20(25(28)16-19)9-12-23-13-10-21-8-11-22(27)17-26(21)29(23)32(30,31)24-14-4-18(2)5-15-24/h1,4-8,11,14-17,23H,9-10,12-13H2,2H3. The topological polar surface area (TPSA) is 37.4 Å². The SMILES string of the molecule is C#Cc1ccc(CCC2CCc3ccc(F)cc3N2S(=O)(=O)c2ccc(C)cc2)c(F)c1. The fraction of sp³-hybridized carbons (Fsp3) is 0.231. The molecule has 164 valence electrons. The summed E-state index contributed by atoms with van der Waals surface area (Å²) in [5.74, 6) is 1.50. The average Bonchev–Trinajstić information content (AvgIpc) is 2.77. The van der Waals surface area contributed by atoms with Crippen LogP contribution in [-0.2, 0) is 22.9 Å². The van der Waals surface area contributed by atoms with Crippen molar-refractivity contribution in [1.29, 1.82) is 0 Å². The first-order chi connectivity index (χ1) is 15.3. The van der Waals surface area contributed by atoms with Crippen molar-refractivity contribution in [2.24, 2.45) is 0 Å². The van der Waals surface area contributed by atoms with Gasteiger partial charge in [-0.05, 0) is 80.1 Å². The first-order valence-corrected chi connectivity index (χ1v) is 11.9. The van der Waals surface area contributed by atoms with Crippen molar-refractivity contribution in [3.63, 3.8) is 0 Å². The number of terminal acetylenes is 1.